The first-order valence-electron chi connectivity index (χ1n) is 5.23. The molecule has 0 fully saturated rings. The minimum atomic E-state index is 0.388. The first kappa shape index (κ1) is 12.5. The van der Waals surface area contributed by atoms with Crippen molar-refractivity contribution in [3.05, 3.63) is 28.2 Å². The maximum Gasteiger partial charge on any atom is 0.119 e. The number of halogens is 1. The molecule has 0 spiro atoms. The van der Waals surface area contributed by atoms with Crippen molar-refractivity contribution < 1.29 is 4.74 Å². The Labute approximate surface area is 100 Å². The molecule has 0 saturated heterocycles. The fourth-order valence-electron chi connectivity index (χ4n) is 1.66. The highest BCUT2D eigenvalue weighted by Gasteiger charge is 2.12. The smallest absolute Gasteiger partial charge is 0.119 e. The van der Waals surface area contributed by atoms with E-state index >= 15 is 0 Å². The maximum atomic E-state index is 5.23. The zero-order valence-electron chi connectivity index (χ0n) is 9.51. The van der Waals surface area contributed by atoms with Gasteiger partial charge in [-0.1, -0.05) is 29.3 Å². The minimum absolute atomic E-state index is 0.388. The fraction of sp³-hybridized carbons (Fsp3) is 0.500. The third-order valence-corrected chi connectivity index (χ3v) is 3.23. The van der Waals surface area contributed by atoms with Crippen LogP contribution >= 0.6 is 15.9 Å². The van der Waals surface area contributed by atoms with Gasteiger partial charge in [-0.15, -0.1) is 0 Å². The number of hydrogen-bond acceptors (Lipinski definition) is 2. The molecule has 0 bridgehead atoms. The normalized spacial score (nSPS) is 12.5. The molecule has 0 aliphatic rings. The minimum Gasteiger partial charge on any atom is -0.497 e. The van der Waals surface area contributed by atoms with Crippen LogP contribution in [0.5, 0.6) is 5.75 Å². The van der Waals surface area contributed by atoms with Crippen molar-refractivity contribution >= 4 is 15.9 Å². The second-order valence-corrected chi connectivity index (χ2v) is 4.37. The molecule has 0 aliphatic heterocycles. The lowest BCUT2D eigenvalue weighted by Crippen LogP contribution is -2.16. The number of benzene rings is 1. The zero-order valence-corrected chi connectivity index (χ0v) is 11.1. The number of nitrogens with one attached hydrogen (secondary N) is 1. The van der Waals surface area contributed by atoms with E-state index in [4.69, 9.17) is 4.74 Å². The van der Waals surface area contributed by atoms with Gasteiger partial charge in [-0.3, -0.25) is 0 Å². The predicted molar refractivity (Wildman–Crippen MR) is 67.4 cm³/mol. The van der Waals surface area contributed by atoms with Gasteiger partial charge in [-0.25, -0.2) is 0 Å². The van der Waals surface area contributed by atoms with Crippen molar-refractivity contribution in [1.82, 2.24) is 5.32 Å². The lowest BCUT2D eigenvalue weighted by atomic mass is 10.0. The zero-order chi connectivity index (χ0) is 11.3. The predicted octanol–water partition coefficient (Wildman–Crippen LogP) is 3.52. The average molecular weight is 272 g/mol. The van der Waals surface area contributed by atoms with Gasteiger partial charge in [0.1, 0.15) is 5.75 Å². The molecule has 3 heteroatoms. The Bertz CT molecular complexity index is 314. The summed E-state index contributed by atoms with van der Waals surface area (Å²) >= 11 is 3.58. The van der Waals surface area contributed by atoms with E-state index < -0.39 is 0 Å². The molecule has 1 rings (SSSR count). The molecule has 1 aromatic rings. The molecular weight excluding hydrogens is 254 g/mol. The second-order valence-electron chi connectivity index (χ2n) is 3.52. The van der Waals surface area contributed by atoms with Gasteiger partial charge in [0.25, 0.3) is 0 Å². The van der Waals surface area contributed by atoms with Gasteiger partial charge in [0, 0.05) is 10.5 Å². The van der Waals surface area contributed by atoms with Crippen molar-refractivity contribution in [2.45, 2.75) is 25.8 Å². The number of ether oxygens (including phenoxy) is 1. The Kier molecular flexibility index (Phi) is 5.12. The molecule has 0 radical (unpaired) electrons. The first-order chi connectivity index (χ1) is 7.22. The molecule has 0 amide bonds. The van der Waals surface area contributed by atoms with Crippen molar-refractivity contribution in [2.75, 3.05) is 14.2 Å². The monoisotopic (exact) mass is 271 g/mol. The van der Waals surface area contributed by atoms with Gasteiger partial charge in [0.2, 0.25) is 0 Å². The summed E-state index contributed by atoms with van der Waals surface area (Å²) < 4.78 is 6.37. The molecular formula is C12H18BrNO. The van der Waals surface area contributed by atoms with Crippen LogP contribution in [0.25, 0.3) is 0 Å². The van der Waals surface area contributed by atoms with Crippen molar-refractivity contribution in [3.8, 4) is 5.75 Å². The largest absolute Gasteiger partial charge is 0.497 e. The van der Waals surface area contributed by atoms with E-state index in [0.717, 1.165) is 23.1 Å². The quantitative estimate of drug-likeness (QED) is 0.885. The van der Waals surface area contributed by atoms with Crippen molar-refractivity contribution in [2.24, 2.45) is 0 Å². The molecule has 1 atom stereocenters. The molecule has 0 heterocycles. The Morgan fingerprint density at radius 1 is 1.47 bits per heavy atom. The Morgan fingerprint density at radius 2 is 2.20 bits per heavy atom. The number of methoxy groups -OCH3 is 1. The Hall–Kier alpha value is -0.540. The van der Waals surface area contributed by atoms with Crippen LogP contribution in [0, 0.1) is 0 Å². The summed E-state index contributed by atoms with van der Waals surface area (Å²) in [6.07, 6.45) is 2.29. The Morgan fingerprint density at radius 3 is 2.73 bits per heavy atom. The van der Waals surface area contributed by atoms with Crippen molar-refractivity contribution in [3.63, 3.8) is 0 Å². The number of rotatable bonds is 5. The first-order valence-corrected chi connectivity index (χ1v) is 6.03. The van der Waals surface area contributed by atoms with Crippen LogP contribution in [-0.2, 0) is 0 Å². The van der Waals surface area contributed by atoms with Crippen molar-refractivity contribution in [1.29, 1.82) is 0 Å². The summed E-state index contributed by atoms with van der Waals surface area (Å²) in [6.45, 7) is 2.19. The van der Waals surface area contributed by atoms with E-state index in [-0.39, 0.29) is 0 Å². The summed E-state index contributed by atoms with van der Waals surface area (Å²) in [6, 6.07) is 6.47. The third-order valence-electron chi connectivity index (χ3n) is 2.50. The highest BCUT2D eigenvalue weighted by molar-refractivity contribution is 9.10. The maximum absolute atomic E-state index is 5.23. The summed E-state index contributed by atoms with van der Waals surface area (Å²) in [7, 11) is 3.69. The second kappa shape index (κ2) is 6.13. The van der Waals surface area contributed by atoms with E-state index in [2.05, 4.69) is 34.2 Å². The molecule has 0 aromatic heterocycles. The van der Waals surface area contributed by atoms with E-state index in [9.17, 15) is 0 Å². The SMILES string of the molecule is CCCC(NC)c1cc(OC)ccc1Br. The lowest BCUT2D eigenvalue weighted by Gasteiger charge is -2.18. The van der Waals surface area contributed by atoms with Gasteiger partial charge in [0.05, 0.1) is 7.11 Å². The summed E-state index contributed by atoms with van der Waals surface area (Å²) in [5.74, 6) is 0.907. The van der Waals surface area contributed by atoms with E-state index in [0.29, 0.717) is 6.04 Å². The molecule has 2 nitrogen and oxygen atoms in total. The van der Waals surface area contributed by atoms with Gasteiger partial charge in [-0.2, -0.15) is 0 Å². The molecule has 15 heavy (non-hydrogen) atoms. The van der Waals surface area contributed by atoms with Crippen LogP contribution in [0.2, 0.25) is 0 Å². The van der Waals surface area contributed by atoms with Crippen LogP contribution in [0.15, 0.2) is 22.7 Å². The fourth-order valence-corrected chi connectivity index (χ4v) is 2.18. The van der Waals surface area contributed by atoms with E-state index in [1.165, 1.54) is 5.56 Å². The lowest BCUT2D eigenvalue weighted by molar-refractivity contribution is 0.412. The molecule has 84 valence electrons. The molecule has 0 aliphatic carbocycles. The van der Waals surface area contributed by atoms with E-state index in [1.54, 1.807) is 7.11 Å². The molecule has 1 N–H and O–H groups in total. The highest BCUT2D eigenvalue weighted by Crippen LogP contribution is 2.29. The van der Waals surface area contributed by atoms with Crippen LogP contribution in [0.1, 0.15) is 31.4 Å². The number of hydrogen-bond donors (Lipinski definition) is 1. The topological polar surface area (TPSA) is 21.3 Å². The molecule has 1 aromatic carbocycles. The summed E-state index contributed by atoms with van der Waals surface area (Å²) in [4.78, 5) is 0. The van der Waals surface area contributed by atoms with Crippen LogP contribution in [0.3, 0.4) is 0 Å². The standard InChI is InChI=1S/C12H18BrNO/c1-4-5-12(14-2)10-8-9(15-3)6-7-11(10)13/h6-8,12,14H,4-5H2,1-3H3. The van der Waals surface area contributed by atoms with Crippen LogP contribution in [0.4, 0.5) is 0 Å². The average Bonchev–Trinajstić information content (AvgIpc) is 2.27. The summed E-state index contributed by atoms with van der Waals surface area (Å²) in [5, 5.41) is 3.33. The summed E-state index contributed by atoms with van der Waals surface area (Å²) in [5.41, 5.74) is 1.26. The molecule has 1 unspecified atom stereocenters. The van der Waals surface area contributed by atoms with Gasteiger partial charge < -0.3 is 10.1 Å². The van der Waals surface area contributed by atoms with Gasteiger partial charge >= 0.3 is 0 Å². The highest BCUT2D eigenvalue weighted by atomic mass is 79.9. The van der Waals surface area contributed by atoms with Gasteiger partial charge in [-0.05, 0) is 37.2 Å². The van der Waals surface area contributed by atoms with E-state index in [1.807, 2.05) is 19.2 Å². The van der Waals surface area contributed by atoms with Crippen LogP contribution in [-0.4, -0.2) is 14.2 Å². The third kappa shape index (κ3) is 3.21. The Balaban J connectivity index is 2.98. The molecule has 0 saturated carbocycles. The van der Waals surface area contributed by atoms with Crippen LogP contribution < -0.4 is 10.1 Å². The van der Waals surface area contributed by atoms with Gasteiger partial charge in [0.15, 0.2) is 0 Å².